The first-order valence-electron chi connectivity index (χ1n) is 5.34. The van der Waals surface area contributed by atoms with Gasteiger partial charge in [0.25, 0.3) is 0 Å². The molecule has 4 heteroatoms. The van der Waals surface area contributed by atoms with Crippen LogP contribution in [0.1, 0.15) is 11.3 Å². The van der Waals surface area contributed by atoms with Crippen LogP contribution < -0.4 is 5.32 Å². The maximum Gasteiger partial charge on any atom is 0.143 e. The number of nitrogens with zero attached hydrogens (tertiary/aromatic N) is 1. The Hall–Kier alpha value is -1.06. The fourth-order valence-electron chi connectivity index (χ4n) is 2.49. The number of rotatable bonds is 0. The van der Waals surface area contributed by atoms with Crippen molar-refractivity contribution in [2.45, 2.75) is 13.0 Å². The quantitative estimate of drug-likeness (QED) is 0.747. The lowest BCUT2D eigenvalue weighted by atomic mass is 10.1. The zero-order chi connectivity index (χ0) is 11.3. The SMILES string of the molecule is Cn1c2c(c3cc(Cl)c(F)cc31)CNCC2. The molecule has 1 aliphatic heterocycles. The Kier molecular flexibility index (Phi) is 2.19. The summed E-state index contributed by atoms with van der Waals surface area (Å²) in [5.41, 5.74) is 3.47. The van der Waals surface area contributed by atoms with Gasteiger partial charge in [-0.05, 0) is 17.7 Å². The second kappa shape index (κ2) is 3.47. The molecule has 2 aromatic rings. The average molecular weight is 239 g/mol. The van der Waals surface area contributed by atoms with Crippen LogP contribution >= 0.6 is 11.6 Å². The third kappa shape index (κ3) is 1.28. The summed E-state index contributed by atoms with van der Waals surface area (Å²) in [4.78, 5) is 0. The third-order valence-corrected chi connectivity index (χ3v) is 3.61. The van der Waals surface area contributed by atoms with Gasteiger partial charge in [-0.3, -0.25) is 0 Å². The molecule has 0 aliphatic carbocycles. The van der Waals surface area contributed by atoms with Gasteiger partial charge in [0, 0.05) is 37.6 Å². The molecular weight excluding hydrogens is 227 g/mol. The molecule has 1 aromatic carbocycles. The van der Waals surface area contributed by atoms with Crippen LogP contribution in [0.15, 0.2) is 12.1 Å². The van der Waals surface area contributed by atoms with Crippen LogP contribution in [0.25, 0.3) is 10.9 Å². The first-order valence-corrected chi connectivity index (χ1v) is 5.72. The molecule has 2 nitrogen and oxygen atoms in total. The lowest BCUT2D eigenvalue weighted by Crippen LogP contribution is -2.24. The maximum absolute atomic E-state index is 13.4. The van der Waals surface area contributed by atoms with Crippen LogP contribution in [-0.2, 0) is 20.0 Å². The Morgan fingerprint density at radius 1 is 1.44 bits per heavy atom. The Balaban J connectivity index is 2.40. The zero-order valence-electron chi connectivity index (χ0n) is 8.98. The molecule has 0 bridgehead atoms. The minimum absolute atomic E-state index is 0.200. The van der Waals surface area contributed by atoms with E-state index in [1.807, 2.05) is 7.05 Å². The van der Waals surface area contributed by atoms with Gasteiger partial charge in [0.15, 0.2) is 0 Å². The number of nitrogens with one attached hydrogen (secondary N) is 1. The van der Waals surface area contributed by atoms with Crippen molar-refractivity contribution in [1.82, 2.24) is 9.88 Å². The minimum atomic E-state index is -0.347. The zero-order valence-corrected chi connectivity index (χ0v) is 9.74. The van der Waals surface area contributed by atoms with E-state index >= 15 is 0 Å². The lowest BCUT2D eigenvalue weighted by molar-refractivity contribution is 0.620. The highest BCUT2D eigenvalue weighted by molar-refractivity contribution is 6.31. The second-order valence-electron chi connectivity index (χ2n) is 4.19. The van der Waals surface area contributed by atoms with Crippen molar-refractivity contribution in [3.05, 3.63) is 34.2 Å². The van der Waals surface area contributed by atoms with Gasteiger partial charge in [-0.25, -0.2) is 4.39 Å². The van der Waals surface area contributed by atoms with Crippen LogP contribution in [0.3, 0.4) is 0 Å². The fraction of sp³-hybridized carbons (Fsp3) is 0.333. The van der Waals surface area contributed by atoms with Gasteiger partial charge in [-0.1, -0.05) is 11.6 Å². The molecule has 2 heterocycles. The standard InChI is InChI=1S/C12H12ClFN2/c1-16-11-2-3-15-6-8(11)7-4-9(13)10(14)5-12(7)16/h4-5,15H,2-3,6H2,1H3. The summed E-state index contributed by atoms with van der Waals surface area (Å²) in [7, 11) is 1.99. The van der Waals surface area contributed by atoms with Gasteiger partial charge in [0.2, 0.25) is 0 Å². The van der Waals surface area contributed by atoms with E-state index in [0.29, 0.717) is 0 Å². The van der Waals surface area contributed by atoms with Crippen molar-refractivity contribution in [3.8, 4) is 0 Å². The second-order valence-corrected chi connectivity index (χ2v) is 4.60. The Morgan fingerprint density at radius 3 is 3.06 bits per heavy atom. The number of halogens is 2. The summed E-state index contributed by atoms with van der Waals surface area (Å²) in [5.74, 6) is -0.347. The average Bonchev–Trinajstić information content (AvgIpc) is 2.55. The van der Waals surface area contributed by atoms with E-state index in [-0.39, 0.29) is 10.8 Å². The maximum atomic E-state index is 13.4. The summed E-state index contributed by atoms with van der Waals surface area (Å²) in [6.07, 6.45) is 0.986. The smallest absolute Gasteiger partial charge is 0.143 e. The van der Waals surface area contributed by atoms with Crippen LogP contribution in [0, 0.1) is 5.82 Å². The van der Waals surface area contributed by atoms with Gasteiger partial charge in [0.05, 0.1) is 10.5 Å². The van der Waals surface area contributed by atoms with Crippen molar-refractivity contribution >= 4 is 22.5 Å². The van der Waals surface area contributed by atoms with Crippen molar-refractivity contribution < 1.29 is 4.39 Å². The molecule has 0 saturated carbocycles. The number of hydrogen-bond acceptors (Lipinski definition) is 1. The summed E-state index contributed by atoms with van der Waals surface area (Å²) < 4.78 is 15.5. The van der Waals surface area contributed by atoms with Gasteiger partial charge in [-0.15, -0.1) is 0 Å². The van der Waals surface area contributed by atoms with Crippen LogP contribution in [0.2, 0.25) is 5.02 Å². The number of aromatic nitrogens is 1. The Labute approximate surface area is 98.0 Å². The highest BCUT2D eigenvalue weighted by Crippen LogP contribution is 2.31. The lowest BCUT2D eigenvalue weighted by Gasteiger charge is -2.14. The topological polar surface area (TPSA) is 17.0 Å². The molecule has 0 saturated heterocycles. The van der Waals surface area contributed by atoms with E-state index in [4.69, 9.17) is 11.6 Å². The van der Waals surface area contributed by atoms with Crippen LogP contribution in [0.4, 0.5) is 4.39 Å². The van der Waals surface area contributed by atoms with E-state index in [9.17, 15) is 4.39 Å². The molecule has 0 unspecified atom stereocenters. The number of fused-ring (bicyclic) bond motifs is 3. The van der Waals surface area contributed by atoms with Crippen LogP contribution in [-0.4, -0.2) is 11.1 Å². The number of hydrogen-bond donors (Lipinski definition) is 1. The van der Waals surface area contributed by atoms with Crippen molar-refractivity contribution in [2.75, 3.05) is 6.54 Å². The molecule has 0 amide bonds. The molecule has 0 atom stereocenters. The molecule has 1 aromatic heterocycles. The van der Waals surface area contributed by atoms with Crippen molar-refractivity contribution in [3.63, 3.8) is 0 Å². The summed E-state index contributed by atoms with van der Waals surface area (Å²) >= 11 is 5.83. The van der Waals surface area contributed by atoms with Gasteiger partial charge in [-0.2, -0.15) is 0 Å². The molecule has 0 radical (unpaired) electrons. The molecule has 0 fully saturated rings. The van der Waals surface area contributed by atoms with Gasteiger partial charge >= 0.3 is 0 Å². The molecule has 16 heavy (non-hydrogen) atoms. The normalized spacial score (nSPS) is 15.4. The molecule has 1 aliphatic rings. The summed E-state index contributed by atoms with van der Waals surface area (Å²) in [6, 6.07) is 3.26. The van der Waals surface area contributed by atoms with E-state index in [0.717, 1.165) is 30.4 Å². The predicted octanol–water partition coefficient (Wildman–Crippen LogP) is 2.62. The Bertz CT molecular complexity index is 574. The van der Waals surface area contributed by atoms with Crippen LogP contribution in [0.5, 0.6) is 0 Å². The molecule has 1 N–H and O–H groups in total. The molecule has 3 rings (SSSR count). The van der Waals surface area contributed by atoms with Gasteiger partial charge in [0.1, 0.15) is 5.82 Å². The monoisotopic (exact) mass is 238 g/mol. The minimum Gasteiger partial charge on any atom is -0.347 e. The molecule has 84 valence electrons. The van der Waals surface area contributed by atoms with E-state index in [1.165, 1.54) is 17.3 Å². The summed E-state index contributed by atoms with van der Waals surface area (Å²) in [5, 5.41) is 4.60. The van der Waals surface area contributed by atoms with E-state index < -0.39 is 0 Å². The first kappa shape index (κ1) is 10.1. The number of benzene rings is 1. The largest absolute Gasteiger partial charge is 0.347 e. The van der Waals surface area contributed by atoms with Crippen molar-refractivity contribution in [1.29, 1.82) is 0 Å². The Morgan fingerprint density at radius 2 is 2.25 bits per heavy atom. The van der Waals surface area contributed by atoms with E-state index in [1.54, 1.807) is 6.07 Å². The summed E-state index contributed by atoms with van der Waals surface area (Å²) in [6.45, 7) is 1.82. The van der Waals surface area contributed by atoms with E-state index in [2.05, 4.69) is 9.88 Å². The van der Waals surface area contributed by atoms with Crippen molar-refractivity contribution in [2.24, 2.45) is 7.05 Å². The highest BCUT2D eigenvalue weighted by atomic mass is 35.5. The molecular formula is C12H12ClFN2. The number of aryl methyl sites for hydroxylation is 1. The predicted molar refractivity (Wildman–Crippen MR) is 63.3 cm³/mol. The first-order chi connectivity index (χ1) is 7.68. The van der Waals surface area contributed by atoms with Gasteiger partial charge < -0.3 is 9.88 Å². The highest BCUT2D eigenvalue weighted by Gasteiger charge is 2.19. The molecule has 0 spiro atoms. The third-order valence-electron chi connectivity index (χ3n) is 3.32. The fourth-order valence-corrected chi connectivity index (χ4v) is 2.66.